The molecule has 1 atom stereocenters. The van der Waals surface area contributed by atoms with E-state index in [2.05, 4.69) is 35.4 Å². The molecule has 1 aliphatic carbocycles. The van der Waals surface area contributed by atoms with Crippen LogP contribution in [0.5, 0.6) is 0 Å². The summed E-state index contributed by atoms with van der Waals surface area (Å²) in [5, 5.41) is 4.23. The lowest BCUT2D eigenvalue weighted by Gasteiger charge is -2.22. The minimum absolute atomic E-state index is 0.0115. The minimum atomic E-state index is -0.210. The maximum Gasteiger partial charge on any atom is 0.223 e. The highest BCUT2D eigenvalue weighted by atomic mass is 19.1. The molecule has 3 aromatic rings. The number of halogens is 1. The lowest BCUT2D eigenvalue weighted by atomic mass is 9.85. The van der Waals surface area contributed by atoms with Gasteiger partial charge < -0.3 is 10.3 Å². The van der Waals surface area contributed by atoms with Crippen LogP contribution in [0.1, 0.15) is 28.8 Å². The van der Waals surface area contributed by atoms with Crippen LogP contribution >= 0.6 is 0 Å². The smallest absolute Gasteiger partial charge is 0.223 e. The van der Waals surface area contributed by atoms with Crippen LogP contribution in [-0.4, -0.2) is 17.4 Å². The van der Waals surface area contributed by atoms with Crippen LogP contribution in [0.3, 0.4) is 0 Å². The Morgan fingerprint density at radius 1 is 1.27 bits per heavy atom. The highest BCUT2D eigenvalue weighted by Crippen LogP contribution is 2.32. The number of aryl methyl sites for hydroxylation is 2. The number of H-pyrrole nitrogens is 1. The summed E-state index contributed by atoms with van der Waals surface area (Å²) in [4.78, 5) is 16.1. The number of hydrogen-bond acceptors (Lipinski definition) is 1. The monoisotopic (exact) mass is 350 g/mol. The zero-order chi connectivity index (χ0) is 18.1. The van der Waals surface area contributed by atoms with Crippen molar-refractivity contribution in [3.05, 3.63) is 70.7 Å². The Balaban J connectivity index is 1.42. The summed E-state index contributed by atoms with van der Waals surface area (Å²) in [5.41, 5.74) is 5.58. The number of aromatic nitrogens is 1. The van der Waals surface area contributed by atoms with E-state index in [-0.39, 0.29) is 17.6 Å². The van der Waals surface area contributed by atoms with Crippen molar-refractivity contribution in [2.75, 3.05) is 6.54 Å². The van der Waals surface area contributed by atoms with Gasteiger partial charge in [0.05, 0.1) is 0 Å². The summed E-state index contributed by atoms with van der Waals surface area (Å²) in [5.74, 6) is -0.144. The minimum Gasteiger partial charge on any atom is -0.358 e. The van der Waals surface area contributed by atoms with E-state index in [1.807, 2.05) is 6.07 Å². The molecule has 26 heavy (non-hydrogen) atoms. The third-order valence-electron chi connectivity index (χ3n) is 5.37. The summed E-state index contributed by atoms with van der Waals surface area (Å²) in [6.07, 6.45) is 3.03. The topological polar surface area (TPSA) is 44.9 Å². The van der Waals surface area contributed by atoms with Gasteiger partial charge in [-0.3, -0.25) is 4.79 Å². The number of amides is 1. The van der Waals surface area contributed by atoms with E-state index in [1.165, 1.54) is 28.3 Å². The Morgan fingerprint density at radius 2 is 2.12 bits per heavy atom. The molecule has 3 nitrogen and oxygen atoms in total. The number of carbonyl (C=O) groups excluding carboxylic acids is 1. The van der Waals surface area contributed by atoms with E-state index in [1.54, 1.807) is 12.1 Å². The fourth-order valence-electron chi connectivity index (χ4n) is 3.92. The zero-order valence-corrected chi connectivity index (χ0v) is 14.9. The zero-order valence-electron chi connectivity index (χ0n) is 14.9. The molecule has 0 bridgehead atoms. The molecular weight excluding hydrogens is 327 g/mol. The van der Waals surface area contributed by atoms with Crippen molar-refractivity contribution < 1.29 is 9.18 Å². The Kier molecular flexibility index (Phi) is 4.49. The summed E-state index contributed by atoms with van der Waals surface area (Å²) in [6.45, 7) is 2.56. The molecule has 0 saturated carbocycles. The van der Waals surface area contributed by atoms with E-state index in [0.717, 1.165) is 24.8 Å². The summed E-state index contributed by atoms with van der Waals surface area (Å²) in [6, 6.07) is 13.1. The summed E-state index contributed by atoms with van der Waals surface area (Å²) < 4.78 is 13.7. The Bertz CT molecular complexity index is 960. The summed E-state index contributed by atoms with van der Waals surface area (Å²) >= 11 is 0. The number of hydrogen-bond donors (Lipinski definition) is 2. The second-order valence-electron chi connectivity index (χ2n) is 7.20. The predicted molar refractivity (Wildman–Crippen MR) is 102 cm³/mol. The van der Waals surface area contributed by atoms with Crippen LogP contribution in [0.25, 0.3) is 10.9 Å². The molecule has 0 fully saturated rings. The fraction of sp³-hybridized carbons (Fsp3) is 0.318. The van der Waals surface area contributed by atoms with Crippen molar-refractivity contribution in [1.82, 2.24) is 10.3 Å². The summed E-state index contributed by atoms with van der Waals surface area (Å²) in [7, 11) is 0. The fourth-order valence-corrected chi connectivity index (χ4v) is 3.92. The molecule has 1 unspecified atom stereocenters. The van der Waals surface area contributed by atoms with Gasteiger partial charge in [-0.25, -0.2) is 4.39 Å². The van der Waals surface area contributed by atoms with Gasteiger partial charge in [0.25, 0.3) is 0 Å². The average molecular weight is 350 g/mol. The second-order valence-corrected chi connectivity index (χ2v) is 7.20. The maximum absolute atomic E-state index is 13.7. The van der Waals surface area contributed by atoms with Crippen LogP contribution in [0.2, 0.25) is 0 Å². The van der Waals surface area contributed by atoms with E-state index >= 15 is 0 Å². The standard InChI is InChI=1S/C22H23FN2O/c1-14-6-8-20-17(12-14)18-13-16(7-9-21(18)25-20)22(26)24-11-10-15-4-2-3-5-19(15)23/h2-6,8,12,16,25H,7,9-11,13H2,1H3,(H,24,26). The van der Waals surface area contributed by atoms with Crippen molar-refractivity contribution in [2.45, 2.75) is 32.6 Å². The van der Waals surface area contributed by atoms with Crippen LogP contribution in [0, 0.1) is 18.7 Å². The normalized spacial score (nSPS) is 16.5. The van der Waals surface area contributed by atoms with Gasteiger partial charge >= 0.3 is 0 Å². The number of nitrogens with one attached hydrogen (secondary N) is 2. The van der Waals surface area contributed by atoms with Crippen LogP contribution in [-0.2, 0) is 24.1 Å². The number of fused-ring (bicyclic) bond motifs is 3. The molecule has 4 heteroatoms. The number of rotatable bonds is 4. The molecule has 0 spiro atoms. The van der Waals surface area contributed by atoms with E-state index in [4.69, 9.17) is 0 Å². The highest BCUT2D eigenvalue weighted by molar-refractivity contribution is 5.87. The quantitative estimate of drug-likeness (QED) is 0.732. The third-order valence-corrected chi connectivity index (χ3v) is 5.37. The molecule has 2 N–H and O–H groups in total. The van der Waals surface area contributed by atoms with Crippen molar-refractivity contribution in [1.29, 1.82) is 0 Å². The lowest BCUT2D eigenvalue weighted by Crippen LogP contribution is -2.35. The number of aromatic amines is 1. The average Bonchev–Trinajstić information content (AvgIpc) is 3.00. The molecular formula is C22H23FN2O. The van der Waals surface area contributed by atoms with Gasteiger partial charge in [0.2, 0.25) is 5.91 Å². The molecule has 1 amide bonds. The van der Waals surface area contributed by atoms with E-state index in [0.29, 0.717) is 18.5 Å². The molecule has 1 heterocycles. The SMILES string of the molecule is Cc1ccc2[nH]c3c(c2c1)CC(C(=O)NCCc1ccccc1F)CC3. The first-order valence-corrected chi connectivity index (χ1v) is 9.23. The van der Waals surface area contributed by atoms with Gasteiger partial charge in [0, 0.05) is 29.1 Å². The third kappa shape index (κ3) is 3.24. The van der Waals surface area contributed by atoms with Crippen molar-refractivity contribution >= 4 is 16.8 Å². The maximum atomic E-state index is 13.7. The van der Waals surface area contributed by atoms with Gasteiger partial charge in [0.15, 0.2) is 0 Å². The van der Waals surface area contributed by atoms with Gasteiger partial charge in [-0.1, -0.05) is 29.8 Å². The molecule has 0 aliphatic heterocycles. The largest absolute Gasteiger partial charge is 0.358 e. The second kappa shape index (κ2) is 6.94. The molecule has 2 aromatic carbocycles. The molecule has 0 saturated heterocycles. The van der Waals surface area contributed by atoms with Gasteiger partial charge in [0.1, 0.15) is 5.82 Å². The molecule has 0 radical (unpaired) electrons. The highest BCUT2D eigenvalue weighted by Gasteiger charge is 2.27. The van der Waals surface area contributed by atoms with Crippen molar-refractivity contribution in [3.8, 4) is 0 Å². The predicted octanol–water partition coefficient (Wildman–Crippen LogP) is 4.08. The number of carbonyl (C=O) groups is 1. The Labute approximate surface area is 152 Å². The lowest BCUT2D eigenvalue weighted by molar-refractivity contribution is -0.125. The van der Waals surface area contributed by atoms with Gasteiger partial charge in [-0.15, -0.1) is 0 Å². The first kappa shape index (κ1) is 16.8. The number of benzene rings is 2. The van der Waals surface area contributed by atoms with Crippen LogP contribution in [0.4, 0.5) is 4.39 Å². The van der Waals surface area contributed by atoms with Crippen molar-refractivity contribution in [3.63, 3.8) is 0 Å². The Morgan fingerprint density at radius 3 is 2.96 bits per heavy atom. The van der Waals surface area contributed by atoms with Crippen molar-refractivity contribution in [2.24, 2.45) is 5.92 Å². The molecule has 4 rings (SSSR count). The molecule has 1 aromatic heterocycles. The molecule has 1 aliphatic rings. The first-order chi connectivity index (χ1) is 12.6. The van der Waals surface area contributed by atoms with Crippen LogP contribution < -0.4 is 5.32 Å². The van der Waals surface area contributed by atoms with E-state index < -0.39 is 0 Å². The van der Waals surface area contributed by atoms with Gasteiger partial charge in [-0.05, 0) is 61.9 Å². The van der Waals surface area contributed by atoms with Crippen LogP contribution in [0.15, 0.2) is 42.5 Å². The van der Waals surface area contributed by atoms with Gasteiger partial charge in [-0.2, -0.15) is 0 Å². The first-order valence-electron chi connectivity index (χ1n) is 9.23. The molecule has 134 valence electrons. The van der Waals surface area contributed by atoms with E-state index in [9.17, 15) is 9.18 Å². The Hall–Kier alpha value is -2.62.